The summed E-state index contributed by atoms with van der Waals surface area (Å²) in [5.41, 5.74) is 1.65. The van der Waals surface area contributed by atoms with Crippen LogP contribution in [0.1, 0.15) is 16.7 Å². The molecule has 0 aliphatic heterocycles. The quantitative estimate of drug-likeness (QED) is 0.905. The summed E-state index contributed by atoms with van der Waals surface area (Å²) < 4.78 is 26.5. The predicted octanol–water partition coefficient (Wildman–Crippen LogP) is 1.57. The van der Waals surface area contributed by atoms with E-state index in [0.717, 1.165) is 5.56 Å². The number of sulfonamides is 1. The normalized spacial score (nSPS) is 10.9. The van der Waals surface area contributed by atoms with Gasteiger partial charge in [-0.1, -0.05) is 24.3 Å². The lowest BCUT2D eigenvalue weighted by Gasteiger charge is -2.07. The first-order valence-electron chi connectivity index (χ1n) is 5.95. The van der Waals surface area contributed by atoms with E-state index in [9.17, 15) is 8.42 Å². The van der Waals surface area contributed by atoms with Crippen molar-refractivity contribution >= 4 is 10.0 Å². The highest BCUT2D eigenvalue weighted by atomic mass is 32.2. The minimum atomic E-state index is -3.49. The molecule has 0 spiro atoms. The Morgan fingerprint density at radius 2 is 2.00 bits per heavy atom. The Morgan fingerprint density at radius 3 is 2.70 bits per heavy atom. The van der Waals surface area contributed by atoms with Crippen molar-refractivity contribution in [2.75, 3.05) is 0 Å². The molecule has 1 aromatic heterocycles. The van der Waals surface area contributed by atoms with Crippen LogP contribution in [0, 0.1) is 11.3 Å². The summed E-state index contributed by atoms with van der Waals surface area (Å²) in [6.07, 6.45) is 3.23. The molecule has 0 atom stereocenters. The van der Waals surface area contributed by atoms with Crippen molar-refractivity contribution in [2.24, 2.45) is 0 Å². The van der Waals surface area contributed by atoms with Crippen LogP contribution in [-0.2, 0) is 22.3 Å². The number of hydrogen-bond donors (Lipinski definition) is 1. The van der Waals surface area contributed by atoms with E-state index in [1.165, 1.54) is 0 Å². The van der Waals surface area contributed by atoms with Crippen molar-refractivity contribution in [1.29, 1.82) is 5.26 Å². The van der Waals surface area contributed by atoms with E-state index in [0.29, 0.717) is 11.1 Å². The van der Waals surface area contributed by atoms with Crippen molar-refractivity contribution in [3.8, 4) is 6.07 Å². The molecule has 0 radical (unpaired) electrons. The third-order valence-electron chi connectivity index (χ3n) is 2.70. The van der Waals surface area contributed by atoms with Crippen LogP contribution in [-0.4, -0.2) is 13.4 Å². The van der Waals surface area contributed by atoms with Crippen molar-refractivity contribution in [3.63, 3.8) is 0 Å². The molecule has 1 heterocycles. The van der Waals surface area contributed by atoms with Crippen molar-refractivity contribution in [2.45, 2.75) is 12.3 Å². The Bertz CT molecular complexity index is 722. The lowest BCUT2D eigenvalue weighted by atomic mass is 10.1. The van der Waals surface area contributed by atoms with Crippen LogP contribution in [0.3, 0.4) is 0 Å². The van der Waals surface area contributed by atoms with Gasteiger partial charge >= 0.3 is 0 Å². The van der Waals surface area contributed by atoms with Crippen molar-refractivity contribution < 1.29 is 8.42 Å². The molecule has 102 valence electrons. The Kier molecular flexibility index (Phi) is 4.45. The van der Waals surface area contributed by atoms with E-state index in [-0.39, 0.29) is 12.3 Å². The van der Waals surface area contributed by atoms with Crippen LogP contribution in [0.15, 0.2) is 48.8 Å². The van der Waals surface area contributed by atoms with E-state index < -0.39 is 10.0 Å². The van der Waals surface area contributed by atoms with Gasteiger partial charge in [0, 0.05) is 18.9 Å². The highest BCUT2D eigenvalue weighted by Crippen LogP contribution is 2.11. The molecule has 0 saturated carbocycles. The molecule has 0 unspecified atom stereocenters. The van der Waals surface area contributed by atoms with Gasteiger partial charge in [-0.15, -0.1) is 0 Å². The number of nitrogens with zero attached hydrogens (tertiary/aromatic N) is 2. The zero-order chi connectivity index (χ0) is 14.4. The van der Waals surface area contributed by atoms with E-state index in [4.69, 9.17) is 5.26 Å². The summed E-state index contributed by atoms with van der Waals surface area (Å²) >= 11 is 0. The average molecular weight is 287 g/mol. The minimum absolute atomic E-state index is 0.185. The highest BCUT2D eigenvalue weighted by molar-refractivity contribution is 7.88. The van der Waals surface area contributed by atoms with Gasteiger partial charge in [-0.05, 0) is 23.3 Å². The van der Waals surface area contributed by atoms with Gasteiger partial charge in [0.15, 0.2) is 0 Å². The molecule has 5 nitrogen and oxygen atoms in total. The highest BCUT2D eigenvalue weighted by Gasteiger charge is 2.13. The molecule has 0 amide bonds. The number of nitrogens with one attached hydrogen (secondary N) is 1. The third-order valence-corrected chi connectivity index (χ3v) is 3.98. The second-order valence-electron chi connectivity index (χ2n) is 4.21. The predicted molar refractivity (Wildman–Crippen MR) is 74.9 cm³/mol. The number of aromatic nitrogens is 1. The molecule has 0 saturated heterocycles. The molecule has 1 N–H and O–H groups in total. The summed E-state index contributed by atoms with van der Waals surface area (Å²) in [4.78, 5) is 3.92. The van der Waals surface area contributed by atoms with Crippen molar-refractivity contribution in [1.82, 2.24) is 9.71 Å². The standard InChI is InChI=1S/C14H13N3O2S/c15-8-13-5-1-2-6-14(13)11-20(18,19)17-10-12-4-3-7-16-9-12/h1-7,9,17H,10-11H2. The monoisotopic (exact) mass is 287 g/mol. The molecular formula is C14H13N3O2S. The Labute approximate surface area is 118 Å². The maximum absolute atomic E-state index is 12.0. The maximum Gasteiger partial charge on any atom is 0.216 e. The first-order chi connectivity index (χ1) is 9.61. The van der Waals surface area contributed by atoms with E-state index >= 15 is 0 Å². The lowest BCUT2D eigenvalue weighted by molar-refractivity contribution is 0.580. The molecule has 0 bridgehead atoms. The van der Waals surface area contributed by atoms with Crippen LogP contribution < -0.4 is 4.72 Å². The van der Waals surface area contributed by atoms with E-state index in [1.54, 1.807) is 48.8 Å². The van der Waals surface area contributed by atoms with Gasteiger partial charge in [0.2, 0.25) is 10.0 Å². The number of pyridine rings is 1. The molecule has 0 fully saturated rings. The molecule has 20 heavy (non-hydrogen) atoms. The minimum Gasteiger partial charge on any atom is -0.264 e. The van der Waals surface area contributed by atoms with Gasteiger partial charge in [-0.3, -0.25) is 4.98 Å². The van der Waals surface area contributed by atoms with Gasteiger partial charge in [-0.25, -0.2) is 13.1 Å². The third kappa shape index (κ3) is 3.88. The second kappa shape index (κ2) is 6.28. The Hall–Kier alpha value is -2.23. The molecule has 0 aliphatic rings. The summed E-state index contributed by atoms with van der Waals surface area (Å²) in [6.45, 7) is 0.185. The van der Waals surface area contributed by atoms with Crippen molar-refractivity contribution in [3.05, 3.63) is 65.5 Å². The molecule has 2 rings (SSSR count). The zero-order valence-corrected chi connectivity index (χ0v) is 11.5. The zero-order valence-electron chi connectivity index (χ0n) is 10.7. The van der Waals surface area contributed by atoms with Crippen LogP contribution >= 0.6 is 0 Å². The van der Waals surface area contributed by atoms with Gasteiger partial charge in [0.05, 0.1) is 17.4 Å². The number of hydrogen-bond acceptors (Lipinski definition) is 4. The molecule has 1 aromatic carbocycles. The van der Waals surface area contributed by atoms with Crippen LogP contribution in [0.5, 0.6) is 0 Å². The first kappa shape index (κ1) is 14.2. The average Bonchev–Trinajstić information content (AvgIpc) is 2.47. The first-order valence-corrected chi connectivity index (χ1v) is 7.60. The second-order valence-corrected chi connectivity index (χ2v) is 6.02. The van der Waals surface area contributed by atoms with Gasteiger partial charge in [0.25, 0.3) is 0 Å². The SMILES string of the molecule is N#Cc1ccccc1CS(=O)(=O)NCc1cccnc1. The molecule has 2 aromatic rings. The molecular weight excluding hydrogens is 274 g/mol. The summed E-state index contributed by atoms with van der Waals surface area (Å²) in [5.74, 6) is -0.211. The fraction of sp³-hybridized carbons (Fsp3) is 0.143. The largest absolute Gasteiger partial charge is 0.264 e. The van der Waals surface area contributed by atoms with Crippen LogP contribution in [0.25, 0.3) is 0 Å². The van der Waals surface area contributed by atoms with Crippen LogP contribution in [0.4, 0.5) is 0 Å². The number of benzene rings is 1. The lowest BCUT2D eigenvalue weighted by Crippen LogP contribution is -2.25. The van der Waals surface area contributed by atoms with Gasteiger partial charge in [0.1, 0.15) is 0 Å². The Balaban J connectivity index is 2.06. The molecule has 0 aliphatic carbocycles. The summed E-state index contributed by atoms with van der Waals surface area (Å²) in [6, 6.07) is 12.2. The number of rotatable bonds is 5. The maximum atomic E-state index is 12.0. The van der Waals surface area contributed by atoms with Gasteiger partial charge in [-0.2, -0.15) is 5.26 Å². The topological polar surface area (TPSA) is 82.8 Å². The smallest absolute Gasteiger partial charge is 0.216 e. The fourth-order valence-electron chi connectivity index (χ4n) is 1.71. The Morgan fingerprint density at radius 1 is 1.20 bits per heavy atom. The molecule has 6 heteroatoms. The van der Waals surface area contributed by atoms with E-state index in [2.05, 4.69) is 9.71 Å². The van der Waals surface area contributed by atoms with Gasteiger partial charge < -0.3 is 0 Å². The summed E-state index contributed by atoms with van der Waals surface area (Å²) in [7, 11) is -3.49. The van der Waals surface area contributed by atoms with E-state index in [1.807, 2.05) is 6.07 Å². The summed E-state index contributed by atoms with van der Waals surface area (Å²) in [5, 5.41) is 8.95. The fourth-order valence-corrected chi connectivity index (χ4v) is 2.86. The van der Waals surface area contributed by atoms with Crippen LogP contribution in [0.2, 0.25) is 0 Å². The number of nitriles is 1.